The fraction of sp³-hybridized carbons (Fsp3) is 0.286. The molecule has 0 saturated heterocycles. The Bertz CT molecular complexity index is 467. The summed E-state index contributed by atoms with van der Waals surface area (Å²) in [5, 5.41) is 8.69. The highest BCUT2D eigenvalue weighted by Gasteiger charge is 2.05. The molecule has 0 fully saturated rings. The van der Waals surface area contributed by atoms with Gasteiger partial charge in [0.1, 0.15) is 6.61 Å². The van der Waals surface area contributed by atoms with Gasteiger partial charge < -0.3 is 5.11 Å². The Morgan fingerprint density at radius 1 is 1.71 bits per heavy atom. The van der Waals surface area contributed by atoms with Crippen molar-refractivity contribution >= 4 is 26.5 Å². The van der Waals surface area contributed by atoms with Gasteiger partial charge in [0, 0.05) is 0 Å². The second-order valence-electron chi connectivity index (χ2n) is 2.36. The molecule has 0 bridgehead atoms. The van der Waals surface area contributed by atoms with Gasteiger partial charge in [0.15, 0.2) is 5.13 Å². The lowest BCUT2D eigenvalue weighted by molar-refractivity contribution is 0.350. The minimum atomic E-state index is -3.28. The summed E-state index contributed by atoms with van der Waals surface area (Å²) in [6.45, 7) is -0.229. The van der Waals surface area contributed by atoms with Crippen LogP contribution in [-0.2, 0) is 10.0 Å². The molecule has 1 rings (SSSR count). The van der Waals surface area contributed by atoms with Gasteiger partial charge in [0.25, 0.3) is 0 Å². The van der Waals surface area contributed by atoms with Crippen molar-refractivity contribution in [1.82, 2.24) is 4.98 Å². The van der Waals surface area contributed by atoms with E-state index in [9.17, 15) is 8.42 Å². The lowest BCUT2D eigenvalue weighted by Gasteiger charge is -1.95. The van der Waals surface area contributed by atoms with Crippen LogP contribution in [0.5, 0.6) is 0 Å². The number of anilines is 1. The number of rotatable bonds is 2. The lowest BCUT2D eigenvalue weighted by Crippen LogP contribution is -2.08. The van der Waals surface area contributed by atoms with Crippen LogP contribution in [0.25, 0.3) is 0 Å². The van der Waals surface area contributed by atoms with Crippen molar-refractivity contribution in [3.63, 3.8) is 0 Å². The van der Waals surface area contributed by atoms with Gasteiger partial charge in [-0.2, -0.15) is 0 Å². The molecular formula is C7H8N2O3S2. The molecule has 76 valence electrons. The molecule has 0 spiro atoms. The Morgan fingerprint density at radius 3 is 3.00 bits per heavy atom. The van der Waals surface area contributed by atoms with Crippen molar-refractivity contribution in [3.8, 4) is 11.8 Å². The number of thiazole rings is 1. The summed E-state index contributed by atoms with van der Waals surface area (Å²) in [5.41, 5.74) is 0. The Morgan fingerprint density at radius 2 is 2.43 bits per heavy atom. The molecule has 7 heteroatoms. The predicted octanol–water partition coefficient (Wildman–Crippen LogP) is -0.142. The first-order valence-electron chi connectivity index (χ1n) is 3.54. The van der Waals surface area contributed by atoms with Gasteiger partial charge in [-0.3, -0.25) is 4.72 Å². The van der Waals surface area contributed by atoms with Crippen molar-refractivity contribution in [2.75, 3.05) is 17.6 Å². The quantitative estimate of drug-likeness (QED) is 0.695. The van der Waals surface area contributed by atoms with Crippen LogP contribution in [0, 0.1) is 11.8 Å². The molecule has 0 aliphatic heterocycles. The number of nitrogens with zero attached hydrogens (tertiary/aromatic N) is 1. The fourth-order valence-corrected chi connectivity index (χ4v) is 2.20. The van der Waals surface area contributed by atoms with Gasteiger partial charge in [-0.15, -0.1) is 0 Å². The Hall–Kier alpha value is -1.10. The van der Waals surface area contributed by atoms with Crippen LogP contribution in [0.4, 0.5) is 5.13 Å². The van der Waals surface area contributed by atoms with Crippen LogP contribution in [0.1, 0.15) is 4.88 Å². The van der Waals surface area contributed by atoms with Crippen molar-refractivity contribution in [3.05, 3.63) is 11.1 Å². The number of hydrogen-bond acceptors (Lipinski definition) is 5. The summed E-state index contributed by atoms with van der Waals surface area (Å²) in [6.07, 6.45) is 2.49. The van der Waals surface area contributed by atoms with E-state index in [0.29, 0.717) is 4.88 Å². The van der Waals surface area contributed by atoms with E-state index in [4.69, 9.17) is 5.11 Å². The van der Waals surface area contributed by atoms with E-state index in [1.54, 1.807) is 0 Å². The molecule has 1 heterocycles. The third-order valence-corrected chi connectivity index (χ3v) is 2.59. The minimum Gasteiger partial charge on any atom is -0.384 e. The number of aromatic nitrogens is 1. The average Bonchev–Trinajstić information content (AvgIpc) is 2.46. The highest BCUT2D eigenvalue weighted by atomic mass is 32.2. The maximum Gasteiger partial charge on any atom is 0.231 e. The Kier molecular flexibility index (Phi) is 3.46. The maximum atomic E-state index is 10.8. The van der Waals surface area contributed by atoms with Crippen LogP contribution >= 0.6 is 11.3 Å². The Balaban J connectivity index is 2.79. The third kappa shape index (κ3) is 3.74. The highest BCUT2D eigenvalue weighted by Crippen LogP contribution is 2.17. The molecule has 0 radical (unpaired) electrons. The van der Waals surface area contributed by atoms with Crippen LogP contribution in [0.2, 0.25) is 0 Å². The zero-order valence-electron chi connectivity index (χ0n) is 7.31. The van der Waals surface area contributed by atoms with Gasteiger partial charge in [-0.25, -0.2) is 13.4 Å². The molecule has 2 N–H and O–H groups in total. The SMILES string of the molecule is CS(=O)(=O)Nc1ncc(C#CCO)s1. The van der Waals surface area contributed by atoms with Gasteiger partial charge in [-0.05, 0) is 0 Å². The van der Waals surface area contributed by atoms with Crippen LogP contribution in [0.15, 0.2) is 6.20 Å². The van der Waals surface area contributed by atoms with E-state index in [-0.39, 0.29) is 11.7 Å². The number of sulfonamides is 1. The van der Waals surface area contributed by atoms with Crippen LogP contribution in [0.3, 0.4) is 0 Å². The third-order valence-electron chi connectivity index (χ3n) is 1.07. The molecule has 1 aromatic rings. The molecule has 0 atom stereocenters. The minimum absolute atomic E-state index is 0.229. The predicted molar refractivity (Wildman–Crippen MR) is 54.5 cm³/mol. The van der Waals surface area contributed by atoms with Gasteiger partial charge >= 0.3 is 0 Å². The summed E-state index contributed by atoms with van der Waals surface area (Å²) in [4.78, 5) is 4.40. The topological polar surface area (TPSA) is 79.3 Å². The standard InChI is InChI=1S/C7H8N2O3S2/c1-14(11,12)9-7-8-5-6(13-7)3-2-4-10/h5,10H,4H2,1H3,(H,8,9). The largest absolute Gasteiger partial charge is 0.384 e. The second kappa shape index (κ2) is 4.41. The van der Waals surface area contributed by atoms with E-state index in [0.717, 1.165) is 17.6 Å². The summed E-state index contributed by atoms with van der Waals surface area (Å²) in [6, 6.07) is 0. The number of aliphatic hydroxyl groups is 1. The first-order valence-corrected chi connectivity index (χ1v) is 6.25. The molecule has 14 heavy (non-hydrogen) atoms. The molecule has 0 aliphatic carbocycles. The average molecular weight is 232 g/mol. The maximum absolute atomic E-state index is 10.8. The van der Waals surface area contributed by atoms with Crippen molar-refractivity contribution in [1.29, 1.82) is 0 Å². The van der Waals surface area contributed by atoms with Gasteiger partial charge in [0.05, 0.1) is 17.3 Å². The summed E-state index contributed by atoms with van der Waals surface area (Å²) >= 11 is 1.11. The van der Waals surface area contributed by atoms with E-state index in [1.807, 2.05) is 0 Å². The first kappa shape index (κ1) is 11.0. The molecule has 0 aromatic carbocycles. The smallest absolute Gasteiger partial charge is 0.231 e. The normalized spacial score (nSPS) is 10.4. The van der Waals surface area contributed by atoms with E-state index >= 15 is 0 Å². The van der Waals surface area contributed by atoms with E-state index < -0.39 is 10.0 Å². The molecule has 5 nitrogen and oxygen atoms in total. The fourth-order valence-electron chi connectivity index (χ4n) is 0.664. The molecule has 1 aromatic heterocycles. The number of nitrogens with one attached hydrogen (secondary N) is 1. The summed E-state index contributed by atoms with van der Waals surface area (Å²) in [7, 11) is -3.28. The lowest BCUT2D eigenvalue weighted by atomic mass is 10.5. The van der Waals surface area contributed by atoms with Crippen molar-refractivity contribution in [2.45, 2.75) is 0 Å². The summed E-state index contributed by atoms with van der Waals surface area (Å²) < 4.78 is 23.8. The first-order chi connectivity index (χ1) is 6.51. The van der Waals surface area contributed by atoms with Crippen molar-refractivity contribution < 1.29 is 13.5 Å². The van der Waals surface area contributed by atoms with Gasteiger partial charge in [0.2, 0.25) is 10.0 Å². The summed E-state index contributed by atoms with van der Waals surface area (Å²) in [5.74, 6) is 5.06. The highest BCUT2D eigenvalue weighted by molar-refractivity contribution is 7.92. The number of hydrogen-bond donors (Lipinski definition) is 2. The molecular weight excluding hydrogens is 224 g/mol. The number of aliphatic hydroxyl groups excluding tert-OH is 1. The molecule has 0 amide bonds. The molecule has 0 saturated carbocycles. The zero-order chi connectivity index (χ0) is 10.6. The van der Waals surface area contributed by atoms with E-state index in [2.05, 4.69) is 21.5 Å². The van der Waals surface area contributed by atoms with Crippen molar-refractivity contribution in [2.24, 2.45) is 0 Å². The molecule has 0 unspecified atom stereocenters. The van der Waals surface area contributed by atoms with E-state index in [1.165, 1.54) is 6.20 Å². The Labute approximate surface area is 85.9 Å². The second-order valence-corrected chi connectivity index (χ2v) is 5.14. The zero-order valence-corrected chi connectivity index (χ0v) is 8.94. The van der Waals surface area contributed by atoms with Gasteiger partial charge in [-0.1, -0.05) is 23.2 Å². The monoisotopic (exact) mass is 232 g/mol. The van der Waals surface area contributed by atoms with Crippen LogP contribution in [-0.4, -0.2) is 31.4 Å². The molecule has 0 aliphatic rings. The van der Waals surface area contributed by atoms with Crippen LogP contribution < -0.4 is 4.72 Å².